The van der Waals surface area contributed by atoms with E-state index in [4.69, 9.17) is 0 Å². The topological polar surface area (TPSA) is 71.8 Å². The molecule has 1 unspecified atom stereocenters. The third-order valence-electron chi connectivity index (χ3n) is 3.62. The van der Waals surface area contributed by atoms with Crippen LogP contribution in [0.5, 0.6) is 0 Å². The van der Waals surface area contributed by atoms with Crippen molar-refractivity contribution in [1.82, 2.24) is 25.6 Å². The number of rotatable bonds is 5. The van der Waals surface area contributed by atoms with Gasteiger partial charge in [-0.15, -0.1) is 16.4 Å². The molecule has 0 spiro atoms. The molecule has 0 saturated carbocycles. The van der Waals surface area contributed by atoms with E-state index < -0.39 is 0 Å². The van der Waals surface area contributed by atoms with E-state index in [9.17, 15) is 4.79 Å². The van der Waals surface area contributed by atoms with Gasteiger partial charge in [-0.1, -0.05) is 11.3 Å². The maximum absolute atomic E-state index is 12.1. The van der Waals surface area contributed by atoms with Crippen LogP contribution in [0.15, 0.2) is 23.7 Å². The lowest BCUT2D eigenvalue weighted by Gasteiger charge is -2.22. The molecule has 0 aromatic carbocycles. The van der Waals surface area contributed by atoms with Crippen molar-refractivity contribution in [2.24, 2.45) is 5.92 Å². The largest absolute Gasteiger partial charge is 0.350 e. The maximum atomic E-state index is 12.1. The molecule has 0 bridgehead atoms. The second-order valence-corrected chi connectivity index (χ2v) is 6.34. The highest BCUT2D eigenvalue weighted by molar-refractivity contribution is 7.09. The molecule has 112 valence electrons. The van der Waals surface area contributed by atoms with E-state index in [2.05, 4.69) is 20.9 Å². The molecule has 2 aromatic rings. The summed E-state index contributed by atoms with van der Waals surface area (Å²) in [6, 6.07) is 4.05. The van der Waals surface area contributed by atoms with E-state index in [0.717, 1.165) is 13.1 Å². The van der Waals surface area contributed by atoms with Gasteiger partial charge in [-0.3, -0.25) is 4.79 Å². The van der Waals surface area contributed by atoms with Crippen LogP contribution in [0.25, 0.3) is 0 Å². The monoisotopic (exact) mass is 305 g/mol. The van der Waals surface area contributed by atoms with E-state index in [1.807, 2.05) is 17.5 Å². The first-order chi connectivity index (χ1) is 10.3. The Labute approximate surface area is 127 Å². The fraction of sp³-hybridized carbons (Fsp3) is 0.500. The molecule has 1 saturated heterocycles. The number of aromatic nitrogens is 3. The minimum atomic E-state index is -0.141. The molecule has 2 N–H and O–H groups in total. The van der Waals surface area contributed by atoms with Crippen LogP contribution in [0.4, 0.5) is 0 Å². The summed E-state index contributed by atoms with van der Waals surface area (Å²) in [4.78, 5) is 13.3. The number of carbonyl (C=O) groups excluding carboxylic acids is 1. The van der Waals surface area contributed by atoms with Crippen LogP contribution in [-0.2, 0) is 6.54 Å². The summed E-state index contributed by atoms with van der Waals surface area (Å²) in [5.74, 6) is 0.377. The highest BCUT2D eigenvalue weighted by Crippen LogP contribution is 2.10. The lowest BCUT2D eigenvalue weighted by Crippen LogP contribution is -2.38. The Kier molecular flexibility index (Phi) is 4.62. The molecular weight excluding hydrogens is 286 g/mol. The third-order valence-corrected chi connectivity index (χ3v) is 4.48. The number of thiophene rings is 1. The van der Waals surface area contributed by atoms with Gasteiger partial charge in [0.05, 0.1) is 12.7 Å². The zero-order chi connectivity index (χ0) is 14.5. The van der Waals surface area contributed by atoms with Crippen LogP contribution >= 0.6 is 11.3 Å². The Morgan fingerprint density at radius 1 is 1.57 bits per heavy atom. The van der Waals surface area contributed by atoms with Crippen molar-refractivity contribution < 1.29 is 4.79 Å². The van der Waals surface area contributed by atoms with Crippen molar-refractivity contribution in [3.63, 3.8) is 0 Å². The molecule has 1 aliphatic heterocycles. The van der Waals surface area contributed by atoms with E-state index in [-0.39, 0.29) is 5.91 Å². The van der Waals surface area contributed by atoms with Crippen molar-refractivity contribution in [3.8, 4) is 0 Å². The summed E-state index contributed by atoms with van der Waals surface area (Å²) >= 11 is 1.67. The van der Waals surface area contributed by atoms with Crippen molar-refractivity contribution in [2.75, 3.05) is 19.6 Å². The first kappa shape index (κ1) is 14.2. The zero-order valence-electron chi connectivity index (χ0n) is 11.8. The Bertz CT molecular complexity index is 574. The Morgan fingerprint density at radius 2 is 2.52 bits per heavy atom. The molecule has 7 heteroatoms. The number of amides is 1. The molecule has 1 fully saturated rings. The smallest absolute Gasteiger partial charge is 0.273 e. The van der Waals surface area contributed by atoms with Gasteiger partial charge >= 0.3 is 0 Å². The SMILES string of the molecule is O=C(NCC1CCCNC1)c1cn(Cc2cccs2)nn1. The van der Waals surface area contributed by atoms with Gasteiger partial charge in [-0.2, -0.15) is 0 Å². The summed E-state index contributed by atoms with van der Waals surface area (Å²) in [5, 5.41) is 16.3. The standard InChI is InChI=1S/C14H19N5OS/c20-14(16-8-11-3-1-5-15-7-11)13-10-19(18-17-13)9-12-4-2-6-21-12/h2,4,6,10-11,15H,1,3,5,7-9H2,(H,16,20). The summed E-state index contributed by atoms with van der Waals surface area (Å²) in [5.41, 5.74) is 0.385. The van der Waals surface area contributed by atoms with Crippen molar-refractivity contribution in [1.29, 1.82) is 0 Å². The predicted molar refractivity (Wildman–Crippen MR) is 81.4 cm³/mol. The van der Waals surface area contributed by atoms with Crippen LogP contribution in [-0.4, -0.2) is 40.5 Å². The van der Waals surface area contributed by atoms with E-state index in [1.165, 1.54) is 17.7 Å². The van der Waals surface area contributed by atoms with Gasteiger partial charge in [-0.05, 0) is 43.3 Å². The van der Waals surface area contributed by atoms with Crippen molar-refractivity contribution >= 4 is 17.2 Å². The number of nitrogens with zero attached hydrogens (tertiary/aromatic N) is 3. The molecule has 2 aromatic heterocycles. The minimum absolute atomic E-state index is 0.141. The first-order valence-electron chi connectivity index (χ1n) is 7.22. The number of nitrogens with one attached hydrogen (secondary N) is 2. The molecular formula is C14H19N5OS. The lowest BCUT2D eigenvalue weighted by atomic mass is 10.00. The highest BCUT2D eigenvalue weighted by atomic mass is 32.1. The molecule has 0 aliphatic carbocycles. The quantitative estimate of drug-likeness (QED) is 0.868. The maximum Gasteiger partial charge on any atom is 0.273 e. The molecule has 1 atom stereocenters. The molecule has 3 rings (SSSR count). The van der Waals surface area contributed by atoms with Gasteiger partial charge in [-0.25, -0.2) is 4.68 Å². The average Bonchev–Trinajstić information content (AvgIpc) is 3.18. The predicted octanol–water partition coefficient (Wildman–Crippen LogP) is 1.12. The van der Waals surface area contributed by atoms with Crippen LogP contribution in [0, 0.1) is 5.92 Å². The van der Waals surface area contributed by atoms with E-state index in [0.29, 0.717) is 24.7 Å². The highest BCUT2D eigenvalue weighted by Gasteiger charge is 2.16. The van der Waals surface area contributed by atoms with E-state index >= 15 is 0 Å². The lowest BCUT2D eigenvalue weighted by molar-refractivity contribution is 0.0939. The van der Waals surface area contributed by atoms with Crippen molar-refractivity contribution in [3.05, 3.63) is 34.3 Å². The number of piperidine rings is 1. The zero-order valence-corrected chi connectivity index (χ0v) is 12.6. The van der Waals surface area contributed by atoms with Gasteiger partial charge in [0.2, 0.25) is 0 Å². The van der Waals surface area contributed by atoms with Gasteiger partial charge < -0.3 is 10.6 Å². The molecule has 1 aliphatic rings. The molecule has 21 heavy (non-hydrogen) atoms. The van der Waals surface area contributed by atoms with Crippen molar-refractivity contribution in [2.45, 2.75) is 19.4 Å². The second kappa shape index (κ2) is 6.82. The third kappa shape index (κ3) is 3.89. The van der Waals surface area contributed by atoms with Gasteiger partial charge in [0, 0.05) is 11.4 Å². The fourth-order valence-corrected chi connectivity index (χ4v) is 3.16. The molecule has 3 heterocycles. The number of carbonyl (C=O) groups is 1. The first-order valence-corrected chi connectivity index (χ1v) is 8.10. The fourth-order valence-electron chi connectivity index (χ4n) is 2.47. The Hall–Kier alpha value is -1.73. The summed E-state index contributed by atoms with van der Waals surface area (Å²) in [6.45, 7) is 3.42. The van der Waals surface area contributed by atoms with Gasteiger partial charge in [0.1, 0.15) is 0 Å². The molecule has 0 radical (unpaired) electrons. The van der Waals surface area contributed by atoms with Crippen LogP contribution in [0.1, 0.15) is 28.2 Å². The summed E-state index contributed by atoms with van der Waals surface area (Å²) < 4.78 is 1.70. The Morgan fingerprint density at radius 3 is 3.29 bits per heavy atom. The molecule has 6 nitrogen and oxygen atoms in total. The summed E-state index contributed by atoms with van der Waals surface area (Å²) in [6.07, 6.45) is 4.05. The van der Waals surface area contributed by atoms with Gasteiger partial charge in [0.15, 0.2) is 5.69 Å². The second-order valence-electron chi connectivity index (χ2n) is 5.30. The minimum Gasteiger partial charge on any atom is -0.350 e. The summed E-state index contributed by atoms with van der Waals surface area (Å²) in [7, 11) is 0. The Balaban J connectivity index is 1.51. The van der Waals surface area contributed by atoms with E-state index in [1.54, 1.807) is 22.2 Å². The number of hydrogen-bond donors (Lipinski definition) is 2. The van der Waals surface area contributed by atoms with Gasteiger partial charge in [0.25, 0.3) is 5.91 Å². The van der Waals surface area contributed by atoms with Crippen LogP contribution in [0.2, 0.25) is 0 Å². The van der Waals surface area contributed by atoms with Crippen LogP contribution in [0.3, 0.4) is 0 Å². The average molecular weight is 305 g/mol. The van der Waals surface area contributed by atoms with Crippen LogP contribution < -0.4 is 10.6 Å². The number of hydrogen-bond acceptors (Lipinski definition) is 5. The normalized spacial score (nSPS) is 18.6. The molecule has 1 amide bonds.